The summed E-state index contributed by atoms with van der Waals surface area (Å²) in [5, 5.41) is 10.4. The fraction of sp³-hybridized carbons (Fsp3) is 0.528. The van der Waals surface area contributed by atoms with Crippen molar-refractivity contribution in [2.75, 3.05) is 65.5 Å². The van der Waals surface area contributed by atoms with Crippen LogP contribution >= 0.6 is 11.3 Å². The molecule has 1 spiro atoms. The maximum atomic E-state index is 16.9. The van der Waals surface area contributed by atoms with E-state index in [0.29, 0.717) is 24.4 Å². The minimum Gasteiger partial charge on any atom is -0.463 e. The number of aromatic nitrogens is 3. The molecule has 0 unspecified atom stereocenters. The van der Waals surface area contributed by atoms with E-state index in [0.717, 1.165) is 88.7 Å². The second-order valence-corrected chi connectivity index (χ2v) is 15.8. The summed E-state index contributed by atoms with van der Waals surface area (Å²) in [6.07, 6.45) is 8.96. The lowest BCUT2D eigenvalue weighted by atomic mass is 9.75. The number of benzene rings is 1. The number of hydrogen-bond acceptors (Lipinski definition) is 11. The van der Waals surface area contributed by atoms with Crippen LogP contribution in [0.5, 0.6) is 6.01 Å². The number of nitriles is 1. The summed E-state index contributed by atoms with van der Waals surface area (Å²) in [6.45, 7) is 7.79. The summed E-state index contributed by atoms with van der Waals surface area (Å²) >= 11 is 0.779. The van der Waals surface area contributed by atoms with Crippen molar-refractivity contribution >= 4 is 49.9 Å². The number of hydrogen-bond donors (Lipinski definition) is 0. The van der Waals surface area contributed by atoms with E-state index in [-0.39, 0.29) is 59.9 Å². The van der Waals surface area contributed by atoms with Crippen molar-refractivity contribution < 1.29 is 22.6 Å². The summed E-state index contributed by atoms with van der Waals surface area (Å²) in [5.41, 5.74) is -0.377. The highest BCUT2D eigenvalue weighted by molar-refractivity contribution is 7.23. The van der Waals surface area contributed by atoms with Gasteiger partial charge in [-0.15, -0.1) is 11.3 Å². The molecule has 3 saturated carbocycles. The number of morpholine rings is 1. The van der Waals surface area contributed by atoms with Crippen LogP contribution in [0, 0.1) is 34.2 Å². The van der Waals surface area contributed by atoms with E-state index in [1.165, 1.54) is 6.20 Å². The summed E-state index contributed by atoms with van der Waals surface area (Å²) in [6, 6.07) is 2.91. The highest BCUT2D eigenvalue weighted by atomic mass is 32.1. The van der Waals surface area contributed by atoms with Crippen LogP contribution in [0.15, 0.2) is 17.3 Å². The van der Waals surface area contributed by atoms with E-state index >= 15 is 13.2 Å². The number of nitrogens with zero attached hydrogens (tertiary/aromatic N) is 8. The molecule has 3 aromatic heterocycles. The molecule has 0 bridgehead atoms. The Balaban J connectivity index is 1.21. The lowest BCUT2D eigenvalue weighted by Crippen LogP contribution is -2.56. The van der Waals surface area contributed by atoms with Crippen molar-refractivity contribution in [1.82, 2.24) is 24.8 Å². The summed E-state index contributed by atoms with van der Waals surface area (Å²) in [4.78, 5) is 24.5. The summed E-state index contributed by atoms with van der Waals surface area (Å²) in [7, 11) is 6.06. The molecule has 4 fully saturated rings. The lowest BCUT2D eigenvalue weighted by Gasteiger charge is -2.49. The molecule has 4 aromatic rings. The Hall–Kier alpha value is -3.90. The van der Waals surface area contributed by atoms with Crippen LogP contribution in [0.4, 0.5) is 24.0 Å². The molecular weight excluding hydrogens is 666 g/mol. The SMILES string of the molecule is C=Nc1sc2c(F)c(F)cc(-c3ncc4c(N(C)CC5(N(C)C)CCC5)nc(OCC5(CN6CCOCC67CC7)CC5)nc4c3F)c2c1C#N. The fourth-order valence-electron chi connectivity index (χ4n) is 7.78. The molecule has 0 atom stereocenters. The molecule has 0 amide bonds. The lowest BCUT2D eigenvalue weighted by molar-refractivity contribution is -0.0326. The van der Waals surface area contributed by atoms with Gasteiger partial charge in [-0.25, -0.2) is 13.2 Å². The number of likely N-dealkylation sites (N-methyl/N-ethyl adjacent to an activating group) is 2. The van der Waals surface area contributed by atoms with Gasteiger partial charge < -0.3 is 19.3 Å². The van der Waals surface area contributed by atoms with Crippen molar-refractivity contribution in [2.45, 2.75) is 56.0 Å². The fourth-order valence-corrected chi connectivity index (χ4v) is 8.79. The Morgan fingerprint density at radius 1 is 1.12 bits per heavy atom. The summed E-state index contributed by atoms with van der Waals surface area (Å²) < 4.78 is 58.9. The van der Waals surface area contributed by atoms with Crippen LogP contribution in [0.1, 0.15) is 50.5 Å². The van der Waals surface area contributed by atoms with Gasteiger partial charge in [0, 0.05) is 60.3 Å². The van der Waals surface area contributed by atoms with E-state index in [1.807, 2.05) is 18.0 Å². The van der Waals surface area contributed by atoms with E-state index in [9.17, 15) is 5.26 Å². The zero-order valence-corrected chi connectivity index (χ0v) is 29.3. The van der Waals surface area contributed by atoms with Gasteiger partial charge in [0.25, 0.3) is 0 Å². The molecule has 0 N–H and O–H groups in total. The predicted octanol–water partition coefficient (Wildman–Crippen LogP) is 6.47. The van der Waals surface area contributed by atoms with E-state index < -0.39 is 17.5 Å². The first kappa shape index (κ1) is 33.3. The molecule has 1 saturated heterocycles. The zero-order valence-electron chi connectivity index (χ0n) is 28.5. The van der Waals surface area contributed by atoms with E-state index in [2.05, 4.69) is 45.6 Å². The Labute approximate surface area is 292 Å². The number of pyridine rings is 1. The van der Waals surface area contributed by atoms with Crippen molar-refractivity contribution in [3.05, 3.63) is 35.3 Å². The Morgan fingerprint density at radius 3 is 2.54 bits per heavy atom. The standard InChI is InChI=1S/C36H39F3N8O2S/c1-41-32-22(15-40)25-21(14-24(37)26(38)30(25)50-32)28-27(39)29-23(16-42-28)31(46(4)18-35(45(2)3)6-5-7-35)44-33(43-29)49-19-34(8-9-34)17-47-12-13-48-20-36(47)10-11-36/h14,16H,1,5-13,17-20H2,2-4H3. The molecular formula is C36H39F3N8O2S. The van der Waals surface area contributed by atoms with Gasteiger partial charge in [-0.05, 0) is 71.8 Å². The van der Waals surface area contributed by atoms with Gasteiger partial charge in [0.2, 0.25) is 0 Å². The van der Waals surface area contributed by atoms with Crippen molar-refractivity contribution in [2.24, 2.45) is 10.4 Å². The minimum atomic E-state index is -1.19. The Bertz CT molecular complexity index is 2070. The van der Waals surface area contributed by atoms with Crippen LogP contribution in [0.2, 0.25) is 0 Å². The van der Waals surface area contributed by atoms with Crippen LogP contribution in [-0.2, 0) is 4.74 Å². The molecule has 8 rings (SSSR count). The molecule has 1 aromatic carbocycles. The average Bonchev–Trinajstić information content (AvgIpc) is 4.01. The number of aliphatic imine (C=N–C) groups is 1. The topological polar surface area (TPSA) is 103 Å². The zero-order chi connectivity index (χ0) is 35.0. The number of halogens is 3. The van der Waals surface area contributed by atoms with Gasteiger partial charge in [0.05, 0.1) is 35.5 Å². The summed E-state index contributed by atoms with van der Waals surface area (Å²) in [5.74, 6) is -2.73. The molecule has 14 heteroatoms. The third-order valence-corrected chi connectivity index (χ3v) is 12.6. The third-order valence-electron chi connectivity index (χ3n) is 11.5. The number of fused-ring (bicyclic) bond motifs is 2. The molecule has 4 aliphatic rings. The number of thiophene rings is 1. The first-order chi connectivity index (χ1) is 24.0. The third kappa shape index (κ3) is 5.41. The number of rotatable bonds is 11. The normalized spacial score (nSPS) is 20.2. The van der Waals surface area contributed by atoms with Crippen molar-refractivity contribution in [3.8, 4) is 23.3 Å². The average molecular weight is 705 g/mol. The van der Waals surface area contributed by atoms with Crippen LogP contribution in [0.25, 0.3) is 32.2 Å². The maximum Gasteiger partial charge on any atom is 0.319 e. The first-order valence-electron chi connectivity index (χ1n) is 17.0. The van der Waals surface area contributed by atoms with Crippen LogP contribution in [0.3, 0.4) is 0 Å². The van der Waals surface area contributed by atoms with E-state index in [4.69, 9.17) is 14.5 Å². The van der Waals surface area contributed by atoms with Crippen LogP contribution < -0.4 is 9.64 Å². The molecule has 3 aliphatic carbocycles. The largest absolute Gasteiger partial charge is 0.463 e. The second kappa shape index (κ2) is 12.1. The smallest absolute Gasteiger partial charge is 0.319 e. The molecule has 4 heterocycles. The first-order valence-corrected chi connectivity index (χ1v) is 17.9. The Kier molecular flexibility index (Phi) is 8.06. The van der Waals surface area contributed by atoms with E-state index in [1.54, 1.807) is 0 Å². The van der Waals surface area contributed by atoms with Crippen molar-refractivity contribution in [3.63, 3.8) is 0 Å². The highest BCUT2D eigenvalue weighted by Gasteiger charge is 2.54. The monoisotopic (exact) mass is 704 g/mol. The van der Waals surface area contributed by atoms with Gasteiger partial charge in [0.15, 0.2) is 17.5 Å². The number of anilines is 1. The van der Waals surface area contributed by atoms with Gasteiger partial charge >= 0.3 is 6.01 Å². The molecule has 10 nitrogen and oxygen atoms in total. The van der Waals surface area contributed by atoms with Gasteiger partial charge in [-0.1, -0.05) is 0 Å². The van der Waals surface area contributed by atoms with Crippen LogP contribution in [-0.4, -0.2) is 103 Å². The van der Waals surface area contributed by atoms with Gasteiger partial charge in [-0.3, -0.25) is 14.9 Å². The van der Waals surface area contributed by atoms with Gasteiger partial charge in [-0.2, -0.15) is 15.2 Å². The maximum absolute atomic E-state index is 16.9. The Morgan fingerprint density at radius 2 is 1.90 bits per heavy atom. The highest BCUT2D eigenvalue weighted by Crippen LogP contribution is 2.52. The molecule has 0 radical (unpaired) electrons. The second-order valence-electron chi connectivity index (χ2n) is 14.8. The molecule has 50 heavy (non-hydrogen) atoms. The van der Waals surface area contributed by atoms with Gasteiger partial charge in [0.1, 0.15) is 28.1 Å². The van der Waals surface area contributed by atoms with Crippen molar-refractivity contribution in [1.29, 1.82) is 5.26 Å². The minimum absolute atomic E-state index is 0.0255. The molecule has 1 aliphatic heterocycles. The molecule has 262 valence electrons. The predicted molar refractivity (Wildman–Crippen MR) is 187 cm³/mol. The quantitative estimate of drug-likeness (QED) is 0.163. The number of ether oxygens (including phenoxy) is 2.